The van der Waals surface area contributed by atoms with Gasteiger partial charge in [0, 0.05) is 24.4 Å². The Bertz CT molecular complexity index is 433. The smallest absolute Gasteiger partial charge is 0.328 e. The number of carboxylic acids is 1. The molecule has 0 atom stereocenters. The quantitative estimate of drug-likeness (QED) is 0.794. The van der Waals surface area contributed by atoms with Crippen LogP contribution in [0.1, 0.15) is 33.3 Å². The van der Waals surface area contributed by atoms with Gasteiger partial charge >= 0.3 is 5.97 Å². The molecule has 0 spiro atoms. The maximum atomic E-state index is 10.5. The SMILES string of the molecule is CC(C)CN(c1ccc(/C=C/C(=O)O)cc1)C(C)C. The van der Waals surface area contributed by atoms with E-state index in [4.69, 9.17) is 5.11 Å². The van der Waals surface area contributed by atoms with Gasteiger partial charge in [0.05, 0.1) is 0 Å². The summed E-state index contributed by atoms with van der Waals surface area (Å²) in [7, 11) is 0. The molecule has 104 valence electrons. The third-order valence-corrected chi connectivity index (χ3v) is 2.83. The maximum Gasteiger partial charge on any atom is 0.328 e. The summed E-state index contributed by atoms with van der Waals surface area (Å²) in [6, 6.07) is 8.44. The third-order valence-electron chi connectivity index (χ3n) is 2.83. The Kier molecular flexibility index (Phi) is 5.61. The van der Waals surface area contributed by atoms with Gasteiger partial charge in [0.1, 0.15) is 0 Å². The fraction of sp³-hybridized carbons (Fsp3) is 0.438. The van der Waals surface area contributed by atoms with Crippen LogP contribution in [-0.4, -0.2) is 23.7 Å². The van der Waals surface area contributed by atoms with E-state index in [1.807, 2.05) is 24.3 Å². The highest BCUT2D eigenvalue weighted by molar-refractivity contribution is 5.85. The highest BCUT2D eigenvalue weighted by Gasteiger charge is 2.11. The lowest BCUT2D eigenvalue weighted by atomic mass is 10.1. The highest BCUT2D eigenvalue weighted by atomic mass is 16.4. The molecule has 0 bridgehead atoms. The normalized spacial score (nSPS) is 11.5. The topological polar surface area (TPSA) is 40.5 Å². The van der Waals surface area contributed by atoms with Gasteiger partial charge in [-0.15, -0.1) is 0 Å². The summed E-state index contributed by atoms with van der Waals surface area (Å²) in [5.74, 6) is -0.318. The van der Waals surface area contributed by atoms with Crippen LogP contribution in [0, 0.1) is 5.92 Å². The summed E-state index contributed by atoms with van der Waals surface area (Å²) in [5, 5.41) is 8.59. The van der Waals surface area contributed by atoms with Crippen molar-refractivity contribution in [3.8, 4) is 0 Å². The van der Waals surface area contributed by atoms with Crippen molar-refractivity contribution in [3.63, 3.8) is 0 Å². The highest BCUT2D eigenvalue weighted by Crippen LogP contribution is 2.20. The molecule has 0 amide bonds. The van der Waals surface area contributed by atoms with Gasteiger partial charge in [-0.3, -0.25) is 0 Å². The van der Waals surface area contributed by atoms with Gasteiger partial charge in [0.15, 0.2) is 0 Å². The van der Waals surface area contributed by atoms with Gasteiger partial charge in [-0.2, -0.15) is 0 Å². The second kappa shape index (κ2) is 6.98. The fourth-order valence-corrected chi connectivity index (χ4v) is 1.95. The number of rotatable bonds is 6. The van der Waals surface area contributed by atoms with E-state index < -0.39 is 5.97 Å². The number of aliphatic carboxylic acids is 1. The van der Waals surface area contributed by atoms with E-state index >= 15 is 0 Å². The number of benzene rings is 1. The number of hydrogen-bond acceptors (Lipinski definition) is 2. The van der Waals surface area contributed by atoms with Crippen molar-refractivity contribution in [1.29, 1.82) is 0 Å². The lowest BCUT2D eigenvalue weighted by Gasteiger charge is -2.30. The van der Waals surface area contributed by atoms with Gasteiger partial charge < -0.3 is 10.0 Å². The Morgan fingerprint density at radius 1 is 1.21 bits per heavy atom. The van der Waals surface area contributed by atoms with Crippen LogP contribution in [0.2, 0.25) is 0 Å². The molecule has 0 aliphatic rings. The van der Waals surface area contributed by atoms with Gasteiger partial charge in [-0.25, -0.2) is 4.79 Å². The van der Waals surface area contributed by atoms with Crippen molar-refractivity contribution in [3.05, 3.63) is 35.9 Å². The van der Waals surface area contributed by atoms with Crippen molar-refractivity contribution in [2.45, 2.75) is 33.7 Å². The molecule has 1 aromatic carbocycles. The summed E-state index contributed by atoms with van der Waals surface area (Å²) >= 11 is 0. The van der Waals surface area contributed by atoms with E-state index in [0.29, 0.717) is 12.0 Å². The Labute approximate surface area is 115 Å². The van der Waals surface area contributed by atoms with E-state index in [-0.39, 0.29) is 0 Å². The maximum absolute atomic E-state index is 10.5. The largest absolute Gasteiger partial charge is 0.478 e. The molecule has 0 aliphatic heterocycles. The van der Waals surface area contributed by atoms with Crippen LogP contribution in [0.15, 0.2) is 30.3 Å². The van der Waals surface area contributed by atoms with E-state index in [0.717, 1.165) is 18.2 Å². The Balaban J connectivity index is 2.86. The predicted molar refractivity (Wildman–Crippen MR) is 80.4 cm³/mol. The molecule has 3 nitrogen and oxygen atoms in total. The molecule has 19 heavy (non-hydrogen) atoms. The lowest BCUT2D eigenvalue weighted by Crippen LogP contribution is -2.34. The Hall–Kier alpha value is -1.77. The first-order valence-corrected chi connectivity index (χ1v) is 6.68. The first-order valence-electron chi connectivity index (χ1n) is 6.68. The Morgan fingerprint density at radius 3 is 2.21 bits per heavy atom. The first-order chi connectivity index (χ1) is 8.90. The second-order valence-electron chi connectivity index (χ2n) is 5.40. The van der Waals surface area contributed by atoms with Crippen LogP contribution in [0.5, 0.6) is 0 Å². The van der Waals surface area contributed by atoms with Gasteiger partial charge in [-0.05, 0) is 43.5 Å². The fourth-order valence-electron chi connectivity index (χ4n) is 1.95. The first kappa shape index (κ1) is 15.3. The number of hydrogen-bond donors (Lipinski definition) is 1. The van der Waals surface area contributed by atoms with Crippen LogP contribution < -0.4 is 4.90 Å². The monoisotopic (exact) mass is 261 g/mol. The number of anilines is 1. The summed E-state index contributed by atoms with van der Waals surface area (Å²) in [4.78, 5) is 12.8. The molecule has 1 aromatic rings. The summed E-state index contributed by atoms with van der Waals surface area (Å²) < 4.78 is 0. The van der Waals surface area contributed by atoms with Crippen molar-refractivity contribution in [2.24, 2.45) is 5.92 Å². The zero-order valence-corrected chi connectivity index (χ0v) is 12.1. The van der Waals surface area contributed by atoms with Crippen LogP contribution in [-0.2, 0) is 4.79 Å². The summed E-state index contributed by atoms with van der Waals surface area (Å²) in [5.41, 5.74) is 2.08. The summed E-state index contributed by atoms with van der Waals surface area (Å²) in [6.07, 6.45) is 2.76. The van der Waals surface area contributed by atoms with Crippen LogP contribution in [0.4, 0.5) is 5.69 Å². The zero-order valence-electron chi connectivity index (χ0n) is 12.1. The minimum Gasteiger partial charge on any atom is -0.478 e. The van der Waals surface area contributed by atoms with Crippen LogP contribution in [0.25, 0.3) is 6.08 Å². The van der Waals surface area contributed by atoms with Crippen molar-refractivity contribution in [1.82, 2.24) is 0 Å². The third kappa shape index (κ3) is 5.16. The van der Waals surface area contributed by atoms with E-state index in [1.165, 1.54) is 5.69 Å². The number of carboxylic acid groups (broad SMARTS) is 1. The van der Waals surface area contributed by atoms with Gasteiger partial charge in [0.2, 0.25) is 0 Å². The molecule has 0 saturated heterocycles. The molecule has 0 aromatic heterocycles. The molecule has 0 saturated carbocycles. The number of nitrogens with zero attached hydrogens (tertiary/aromatic N) is 1. The molecule has 1 rings (SSSR count). The zero-order chi connectivity index (χ0) is 14.4. The molecule has 0 aliphatic carbocycles. The molecule has 1 N–H and O–H groups in total. The Morgan fingerprint density at radius 2 is 1.79 bits per heavy atom. The lowest BCUT2D eigenvalue weighted by molar-refractivity contribution is -0.131. The van der Waals surface area contributed by atoms with E-state index in [1.54, 1.807) is 6.08 Å². The van der Waals surface area contributed by atoms with Crippen molar-refractivity contribution in [2.75, 3.05) is 11.4 Å². The van der Waals surface area contributed by atoms with Crippen LogP contribution in [0.3, 0.4) is 0 Å². The van der Waals surface area contributed by atoms with E-state index in [9.17, 15) is 4.79 Å². The predicted octanol–water partition coefficient (Wildman–Crippen LogP) is 3.66. The second-order valence-corrected chi connectivity index (χ2v) is 5.40. The average Bonchev–Trinajstić information content (AvgIpc) is 2.33. The minimum atomic E-state index is -0.923. The molecule has 0 heterocycles. The van der Waals surface area contributed by atoms with Gasteiger partial charge in [0.25, 0.3) is 0 Å². The molecule has 3 heteroatoms. The molecular weight excluding hydrogens is 238 g/mol. The molecule has 0 radical (unpaired) electrons. The standard InChI is InChI=1S/C16H23NO2/c1-12(2)11-17(13(3)4)15-8-5-14(6-9-15)7-10-16(18)19/h5-10,12-13H,11H2,1-4H3,(H,18,19)/b10-7+. The van der Waals surface area contributed by atoms with Crippen molar-refractivity contribution >= 4 is 17.7 Å². The van der Waals surface area contributed by atoms with E-state index in [2.05, 4.69) is 32.6 Å². The van der Waals surface area contributed by atoms with Gasteiger partial charge in [-0.1, -0.05) is 26.0 Å². The minimum absolute atomic E-state index is 0.447. The molecular formula is C16H23NO2. The molecule has 0 fully saturated rings. The summed E-state index contributed by atoms with van der Waals surface area (Å²) in [6.45, 7) is 9.79. The van der Waals surface area contributed by atoms with Crippen molar-refractivity contribution < 1.29 is 9.90 Å². The number of carbonyl (C=O) groups is 1. The average molecular weight is 261 g/mol. The van der Waals surface area contributed by atoms with Crippen LogP contribution >= 0.6 is 0 Å². The molecule has 0 unspecified atom stereocenters.